The van der Waals surface area contributed by atoms with Crippen LogP contribution < -0.4 is 5.32 Å². The van der Waals surface area contributed by atoms with Crippen LogP contribution in [0.1, 0.15) is 17.2 Å². The second kappa shape index (κ2) is 9.92. The van der Waals surface area contributed by atoms with Crippen LogP contribution in [0.2, 0.25) is 10.0 Å². The Labute approximate surface area is 178 Å². The monoisotopic (exact) mass is 425 g/mol. The number of rotatable bonds is 6. The number of benzene rings is 3. The molecule has 4 nitrogen and oxygen atoms in total. The zero-order valence-electron chi connectivity index (χ0n) is 15.2. The van der Waals surface area contributed by atoms with Crippen LogP contribution in [0.3, 0.4) is 0 Å². The zero-order chi connectivity index (χ0) is 20.6. The maximum atomic E-state index is 12.8. The van der Waals surface area contributed by atoms with E-state index in [1.165, 1.54) is 6.08 Å². The van der Waals surface area contributed by atoms with Crippen LogP contribution in [0.5, 0.6) is 0 Å². The first-order chi connectivity index (χ1) is 14.0. The molecule has 6 heteroatoms. The van der Waals surface area contributed by atoms with Gasteiger partial charge in [-0.15, -0.1) is 0 Å². The van der Waals surface area contributed by atoms with Crippen LogP contribution in [-0.2, 0) is 14.3 Å². The molecular formula is C23H17Cl2NO3. The first-order valence-corrected chi connectivity index (χ1v) is 9.53. The molecule has 1 atom stereocenters. The molecule has 1 amide bonds. The molecule has 146 valence electrons. The summed E-state index contributed by atoms with van der Waals surface area (Å²) in [5.41, 5.74) is 1.86. The summed E-state index contributed by atoms with van der Waals surface area (Å²) >= 11 is 11.9. The summed E-state index contributed by atoms with van der Waals surface area (Å²) < 4.78 is 5.45. The summed E-state index contributed by atoms with van der Waals surface area (Å²) in [5, 5.41) is 3.57. The van der Waals surface area contributed by atoms with Crippen molar-refractivity contribution in [2.24, 2.45) is 0 Å². The van der Waals surface area contributed by atoms with E-state index in [0.29, 0.717) is 26.9 Å². The molecule has 0 aromatic heterocycles. The summed E-state index contributed by atoms with van der Waals surface area (Å²) in [5.74, 6) is -1.10. The van der Waals surface area contributed by atoms with E-state index in [2.05, 4.69) is 5.32 Å². The van der Waals surface area contributed by atoms with Crippen molar-refractivity contribution in [3.05, 3.63) is 106 Å². The molecule has 1 unspecified atom stereocenters. The van der Waals surface area contributed by atoms with Gasteiger partial charge in [-0.3, -0.25) is 4.79 Å². The minimum atomic E-state index is -1.10. The number of nitrogens with one attached hydrogen (secondary N) is 1. The Morgan fingerprint density at radius 1 is 0.862 bits per heavy atom. The van der Waals surface area contributed by atoms with Gasteiger partial charge < -0.3 is 10.1 Å². The minimum absolute atomic E-state index is 0.381. The van der Waals surface area contributed by atoms with E-state index in [1.807, 2.05) is 12.1 Å². The van der Waals surface area contributed by atoms with E-state index in [0.717, 1.165) is 0 Å². The van der Waals surface area contributed by atoms with Crippen LogP contribution in [0.4, 0.5) is 5.69 Å². The third kappa shape index (κ3) is 5.95. The maximum Gasteiger partial charge on any atom is 0.331 e. The number of ether oxygens (including phenoxy) is 1. The predicted molar refractivity (Wildman–Crippen MR) is 116 cm³/mol. The molecule has 3 rings (SSSR count). The first kappa shape index (κ1) is 20.6. The van der Waals surface area contributed by atoms with Crippen molar-refractivity contribution < 1.29 is 14.3 Å². The normalized spacial score (nSPS) is 11.8. The standard InChI is InChI=1S/C23H17Cl2NO3/c24-19-13-11-16(15-20(19)25)12-14-21(27)29-22(17-7-3-1-4-8-17)23(28)26-18-9-5-2-6-10-18/h1-15,22H,(H,26,28)/b14-12+. The van der Waals surface area contributed by atoms with E-state index in [9.17, 15) is 9.59 Å². The Hall–Kier alpha value is -3.08. The summed E-state index contributed by atoms with van der Waals surface area (Å²) in [6, 6.07) is 22.8. The van der Waals surface area contributed by atoms with Crippen LogP contribution in [0.15, 0.2) is 84.9 Å². The van der Waals surface area contributed by atoms with Gasteiger partial charge in [0.05, 0.1) is 10.0 Å². The Morgan fingerprint density at radius 2 is 1.52 bits per heavy atom. The third-order valence-electron chi connectivity index (χ3n) is 3.97. The third-order valence-corrected chi connectivity index (χ3v) is 4.71. The number of halogens is 2. The molecule has 0 aliphatic heterocycles. The minimum Gasteiger partial charge on any atom is -0.444 e. The lowest BCUT2D eigenvalue weighted by molar-refractivity contribution is -0.149. The molecule has 1 N–H and O–H groups in total. The van der Waals surface area contributed by atoms with Gasteiger partial charge in [0.25, 0.3) is 5.91 Å². The maximum absolute atomic E-state index is 12.8. The van der Waals surface area contributed by atoms with Gasteiger partial charge in [0.2, 0.25) is 6.10 Å². The molecule has 0 bridgehead atoms. The average Bonchev–Trinajstić information content (AvgIpc) is 2.74. The summed E-state index contributed by atoms with van der Waals surface area (Å²) in [7, 11) is 0. The predicted octanol–water partition coefficient (Wildman–Crippen LogP) is 5.93. The van der Waals surface area contributed by atoms with E-state index < -0.39 is 18.0 Å². The lowest BCUT2D eigenvalue weighted by Crippen LogP contribution is -2.25. The number of hydrogen-bond donors (Lipinski definition) is 1. The SMILES string of the molecule is O=C(/C=C/c1ccc(Cl)c(Cl)c1)OC(C(=O)Nc1ccccc1)c1ccccc1. The summed E-state index contributed by atoms with van der Waals surface area (Å²) in [6.07, 6.45) is 1.69. The Balaban J connectivity index is 1.75. The zero-order valence-corrected chi connectivity index (χ0v) is 16.7. The van der Waals surface area contributed by atoms with E-state index in [4.69, 9.17) is 27.9 Å². The van der Waals surface area contributed by atoms with Crippen molar-refractivity contribution in [2.75, 3.05) is 5.32 Å². The summed E-state index contributed by atoms with van der Waals surface area (Å²) in [6.45, 7) is 0. The number of amides is 1. The van der Waals surface area contributed by atoms with Gasteiger partial charge in [0, 0.05) is 17.3 Å². The molecule has 0 fully saturated rings. The van der Waals surface area contributed by atoms with E-state index in [1.54, 1.807) is 72.8 Å². The van der Waals surface area contributed by atoms with E-state index in [-0.39, 0.29) is 0 Å². The van der Waals surface area contributed by atoms with Crippen molar-refractivity contribution in [1.29, 1.82) is 0 Å². The molecule has 0 spiro atoms. The molecule has 0 radical (unpaired) electrons. The van der Waals surface area contributed by atoms with Gasteiger partial charge in [0.15, 0.2) is 0 Å². The first-order valence-electron chi connectivity index (χ1n) is 8.77. The molecule has 0 saturated heterocycles. The molecule has 0 heterocycles. The lowest BCUT2D eigenvalue weighted by Gasteiger charge is -2.17. The highest BCUT2D eigenvalue weighted by atomic mass is 35.5. The van der Waals surface area contributed by atoms with Gasteiger partial charge in [-0.25, -0.2) is 4.79 Å². The Morgan fingerprint density at radius 3 is 2.17 bits per heavy atom. The molecule has 0 aliphatic rings. The van der Waals surface area contributed by atoms with Crippen LogP contribution in [-0.4, -0.2) is 11.9 Å². The van der Waals surface area contributed by atoms with Crippen molar-refractivity contribution in [3.63, 3.8) is 0 Å². The second-order valence-corrected chi connectivity index (χ2v) is 6.90. The quantitative estimate of drug-likeness (QED) is 0.393. The fraction of sp³-hybridized carbons (Fsp3) is 0.0435. The van der Waals surface area contributed by atoms with Gasteiger partial charge in [0.1, 0.15) is 0 Å². The van der Waals surface area contributed by atoms with Gasteiger partial charge >= 0.3 is 5.97 Å². The van der Waals surface area contributed by atoms with Crippen LogP contribution in [0.25, 0.3) is 6.08 Å². The highest BCUT2D eigenvalue weighted by molar-refractivity contribution is 6.42. The summed E-state index contributed by atoms with van der Waals surface area (Å²) in [4.78, 5) is 25.1. The number of carbonyl (C=O) groups is 2. The van der Waals surface area contributed by atoms with Gasteiger partial charge in [-0.05, 0) is 35.9 Å². The van der Waals surface area contributed by atoms with Crippen LogP contribution in [0, 0.1) is 0 Å². The van der Waals surface area contributed by atoms with Crippen molar-refractivity contribution in [2.45, 2.75) is 6.10 Å². The van der Waals surface area contributed by atoms with Gasteiger partial charge in [-0.2, -0.15) is 0 Å². The Kier molecular flexibility index (Phi) is 7.06. The topological polar surface area (TPSA) is 55.4 Å². The number of para-hydroxylation sites is 1. The molecular weight excluding hydrogens is 409 g/mol. The second-order valence-electron chi connectivity index (χ2n) is 6.09. The van der Waals surface area contributed by atoms with Crippen molar-refractivity contribution in [1.82, 2.24) is 0 Å². The van der Waals surface area contributed by atoms with Crippen LogP contribution >= 0.6 is 23.2 Å². The average molecular weight is 426 g/mol. The highest BCUT2D eigenvalue weighted by Gasteiger charge is 2.24. The lowest BCUT2D eigenvalue weighted by atomic mass is 10.1. The van der Waals surface area contributed by atoms with Crippen molar-refractivity contribution >= 4 is 46.8 Å². The van der Waals surface area contributed by atoms with E-state index >= 15 is 0 Å². The number of hydrogen-bond acceptors (Lipinski definition) is 3. The number of carbonyl (C=O) groups excluding carboxylic acids is 2. The number of esters is 1. The Bertz CT molecular complexity index is 1020. The molecule has 29 heavy (non-hydrogen) atoms. The molecule has 3 aromatic rings. The fourth-order valence-corrected chi connectivity index (χ4v) is 2.87. The smallest absolute Gasteiger partial charge is 0.331 e. The largest absolute Gasteiger partial charge is 0.444 e. The number of anilines is 1. The molecule has 3 aromatic carbocycles. The van der Waals surface area contributed by atoms with Gasteiger partial charge in [-0.1, -0.05) is 77.8 Å². The molecule has 0 saturated carbocycles. The molecule has 0 aliphatic carbocycles. The fourth-order valence-electron chi connectivity index (χ4n) is 2.57. The van der Waals surface area contributed by atoms with Crippen molar-refractivity contribution in [3.8, 4) is 0 Å². The highest BCUT2D eigenvalue weighted by Crippen LogP contribution is 2.24.